The number of ether oxygens (including phenoxy) is 2. The Bertz CT molecular complexity index is 1070. The molecule has 0 amide bonds. The number of ketones is 1. The van der Waals surface area contributed by atoms with E-state index < -0.39 is 0 Å². The molecule has 0 fully saturated rings. The topological polar surface area (TPSA) is 63.4 Å². The van der Waals surface area contributed by atoms with E-state index in [1.165, 1.54) is 16.7 Å². The molecule has 1 unspecified atom stereocenters. The summed E-state index contributed by atoms with van der Waals surface area (Å²) in [6.45, 7) is 1.01. The number of carbonyl (C=O) groups is 1. The Morgan fingerprint density at radius 1 is 1.14 bits per heavy atom. The van der Waals surface area contributed by atoms with Crippen molar-refractivity contribution in [1.29, 1.82) is 0 Å². The molecule has 0 radical (unpaired) electrons. The highest BCUT2D eigenvalue weighted by atomic mass is 32.2. The van der Waals surface area contributed by atoms with Crippen molar-refractivity contribution >= 4 is 34.0 Å². The minimum atomic E-state index is -0.112. The summed E-state index contributed by atoms with van der Waals surface area (Å²) in [5, 5.41) is 4.47. The summed E-state index contributed by atoms with van der Waals surface area (Å²) in [7, 11) is 0. The average molecular weight is 407 g/mol. The molecule has 0 aliphatic carbocycles. The van der Waals surface area contributed by atoms with Gasteiger partial charge in [-0.3, -0.25) is 4.79 Å². The summed E-state index contributed by atoms with van der Waals surface area (Å²) in [5.74, 6) is 3.09. The second kappa shape index (κ2) is 7.97. The van der Waals surface area contributed by atoms with Crippen molar-refractivity contribution in [3.05, 3.63) is 65.9 Å². The molecule has 148 valence electrons. The van der Waals surface area contributed by atoms with Gasteiger partial charge in [-0.25, -0.2) is 0 Å². The molecule has 1 atom stereocenters. The molecule has 0 bridgehead atoms. The smallest absolute Gasteiger partial charge is 0.231 e. The number of rotatable bonds is 6. The molecule has 5 rings (SSSR count). The van der Waals surface area contributed by atoms with Crippen molar-refractivity contribution in [2.45, 2.75) is 18.2 Å². The fraction of sp³-hybridized carbons (Fsp3) is 0.261. The Morgan fingerprint density at radius 2 is 1.97 bits per heavy atom. The van der Waals surface area contributed by atoms with Crippen LogP contribution in [0.25, 0.3) is 16.5 Å². The number of aromatic nitrogens is 1. The first-order chi connectivity index (χ1) is 14.3. The van der Waals surface area contributed by atoms with Crippen molar-refractivity contribution < 1.29 is 14.3 Å². The van der Waals surface area contributed by atoms with Crippen LogP contribution in [-0.2, 0) is 10.5 Å². The quantitative estimate of drug-likeness (QED) is 0.644. The lowest BCUT2D eigenvalue weighted by atomic mass is 9.94. The van der Waals surface area contributed by atoms with E-state index in [0.29, 0.717) is 5.75 Å². The summed E-state index contributed by atoms with van der Waals surface area (Å²) in [4.78, 5) is 16.1. The number of benzene rings is 2. The number of Topliss-reactive ketones (excluding diaryl/α,β-unsaturated/α-hetero) is 1. The molecule has 5 nitrogen and oxygen atoms in total. The van der Waals surface area contributed by atoms with E-state index in [1.807, 2.05) is 36.5 Å². The van der Waals surface area contributed by atoms with Gasteiger partial charge in [-0.1, -0.05) is 36.4 Å². The maximum absolute atomic E-state index is 12.8. The third-order valence-electron chi connectivity index (χ3n) is 5.43. The maximum Gasteiger partial charge on any atom is 0.231 e. The van der Waals surface area contributed by atoms with Crippen molar-refractivity contribution in [3.8, 4) is 11.5 Å². The fourth-order valence-electron chi connectivity index (χ4n) is 3.87. The lowest BCUT2D eigenvalue weighted by Gasteiger charge is -2.23. The van der Waals surface area contributed by atoms with Gasteiger partial charge in [0.1, 0.15) is 0 Å². The standard InChI is InChI=1S/C23H22N2O3S/c26-21(20-8-16(6-7-24-20)15-4-2-1-3-5-15)13-29-12-17-11-25-19-10-23-22(9-18(17)19)27-14-28-23/h1-6,9-11,20,24-25H,7-8,12-14H2. The predicted molar refractivity (Wildman–Crippen MR) is 116 cm³/mol. The van der Waals surface area contributed by atoms with Crippen LogP contribution >= 0.6 is 11.8 Å². The van der Waals surface area contributed by atoms with Gasteiger partial charge in [0.25, 0.3) is 0 Å². The zero-order chi connectivity index (χ0) is 19.6. The first-order valence-electron chi connectivity index (χ1n) is 9.76. The molecule has 2 aliphatic heterocycles. The van der Waals surface area contributed by atoms with E-state index in [9.17, 15) is 4.79 Å². The van der Waals surface area contributed by atoms with Crippen LogP contribution in [0.4, 0.5) is 0 Å². The Morgan fingerprint density at radius 3 is 2.83 bits per heavy atom. The van der Waals surface area contributed by atoms with Crippen LogP contribution < -0.4 is 14.8 Å². The van der Waals surface area contributed by atoms with Gasteiger partial charge in [-0.05, 0) is 29.2 Å². The van der Waals surface area contributed by atoms with Gasteiger partial charge in [0, 0.05) is 35.5 Å². The minimum absolute atomic E-state index is 0.112. The first-order valence-corrected chi connectivity index (χ1v) is 10.9. The number of aromatic amines is 1. The average Bonchev–Trinajstić information content (AvgIpc) is 3.39. The van der Waals surface area contributed by atoms with Gasteiger partial charge >= 0.3 is 0 Å². The van der Waals surface area contributed by atoms with Crippen molar-refractivity contribution in [3.63, 3.8) is 0 Å². The molecule has 3 heterocycles. The SMILES string of the molecule is O=C(CSCc1c[nH]c2cc3c(cc12)OCO3)C1CC(c2ccccc2)=CCN1. The van der Waals surface area contributed by atoms with Crippen LogP contribution in [0.5, 0.6) is 11.5 Å². The highest BCUT2D eigenvalue weighted by Crippen LogP contribution is 2.37. The zero-order valence-electron chi connectivity index (χ0n) is 15.9. The third-order valence-corrected chi connectivity index (χ3v) is 6.44. The van der Waals surface area contributed by atoms with E-state index >= 15 is 0 Å². The molecular weight excluding hydrogens is 384 g/mol. The summed E-state index contributed by atoms with van der Waals surface area (Å²) in [5.41, 5.74) is 4.66. The third kappa shape index (κ3) is 3.78. The van der Waals surface area contributed by atoms with Gasteiger partial charge in [0.2, 0.25) is 6.79 Å². The monoisotopic (exact) mass is 406 g/mol. The molecule has 29 heavy (non-hydrogen) atoms. The number of nitrogens with one attached hydrogen (secondary N) is 2. The Balaban J connectivity index is 1.20. The second-order valence-corrected chi connectivity index (χ2v) is 8.27. The zero-order valence-corrected chi connectivity index (χ0v) is 16.8. The van der Waals surface area contributed by atoms with Crippen LogP contribution in [0, 0.1) is 0 Å². The van der Waals surface area contributed by atoms with E-state index in [4.69, 9.17) is 9.47 Å². The number of H-pyrrole nitrogens is 1. The number of hydrogen-bond acceptors (Lipinski definition) is 5. The van der Waals surface area contributed by atoms with E-state index in [1.54, 1.807) is 11.8 Å². The first kappa shape index (κ1) is 18.3. The second-order valence-electron chi connectivity index (χ2n) is 7.28. The molecular formula is C23H22N2O3S. The molecule has 0 saturated heterocycles. The molecule has 2 aromatic carbocycles. The van der Waals surface area contributed by atoms with Gasteiger partial charge in [-0.15, -0.1) is 11.8 Å². The van der Waals surface area contributed by atoms with Gasteiger partial charge in [-0.2, -0.15) is 0 Å². The summed E-state index contributed by atoms with van der Waals surface area (Å²) < 4.78 is 10.9. The molecule has 0 spiro atoms. The molecule has 6 heteroatoms. The highest BCUT2D eigenvalue weighted by Gasteiger charge is 2.23. The van der Waals surface area contributed by atoms with Crippen molar-refractivity contribution in [1.82, 2.24) is 10.3 Å². The number of thioether (sulfide) groups is 1. The molecule has 2 N–H and O–H groups in total. The van der Waals surface area contributed by atoms with Crippen LogP contribution in [0.1, 0.15) is 17.5 Å². The van der Waals surface area contributed by atoms with Gasteiger partial charge in [0.05, 0.1) is 11.8 Å². The van der Waals surface area contributed by atoms with Crippen LogP contribution in [0.2, 0.25) is 0 Å². The maximum atomic E-state index is 12.8. The van der Waals surface area contributed by atoms with Gasteiger partial charge in [0.15, 0.2) is 17.3 Å². The van der Waals surface area contributed by atoms with Crippen molar-refractivity contribution in [2.24, 2.45) is 0 Å². The number of carbonyl (C=O) groups excluding carboxylic acids is 1. The van der Waals surface area contributed by atoms with Crippen LogP contribution in [0.3, 0.4) is 0 Å². The predicted octanol–water partition coefficient (Wildman–Crippen LogP) is 4.14. The lowest BCUT2D eigenvalue weighted by molar-refractivity contribution is -0.118. The molecule has 3 aromatic rings. The highest BCUT2D eigenvalue weighted by molar-refractivity contribution is 7.99. The number of hydrogen-bond donors (Lipinski definition) is 2. The number of fused-ring (bicyclic) bond motifs is 2. The Kier molecular flexibility index (Phi) is 5.04. The molecule has 2 aliphatic rings. The van der Waals surface area contributed by atoms with Crippen LogP contribution in [0.15, 0.2) is 54.7 Å². The largest absolute Gasteiger partial charge is 0.454 e. The summed E-state index contributed by atoms with van der Waals surface area (Å²) in [6, 6.07) is 14.2. The van der Waals surface area contributed by atoms with Gasteiger partial charge < -0.3 is 19.8 Å². The normalized spacial score (nSPS) is 18.1. The summed E-state index contributed by atoms with van der Waals surface area (Å²) in [6.07, 6.45) is 4.94. The van der Waals surface area contributed by atoms with E-state index in [2.05, 4.69) is 28.5 Å². The minimum Gasteiger partial charge on any atom is -0.454 e. The van der Waals surface area contributed by atoms with Crippen LogP contribution in [-0.4, -0.2) is 35.9 Å². The molecule has 1 aromatic heterocycles. The Labute approximate surface area is 173 Å². The fourth-order valence-corrected chi connectivity index (χ4v) is 4.83. The van der Waals surface area contributed by atoms with Crippen molar-refractivity contribution in [2.75, 3.05) is 19.1 Å². The van der Waals surface area contributed by atoms with E-state index in [-0.39, 0.29) is 18.6 Å². The Hall–Kier alpha value is -2.70. The van der Waals surface area contributed by atoms with E-state index in [0.717, 1.165) is 41.1 Å². The lowest BCUT2D eigenvalue weighted by Crippen LogP contribution is -2.40. The molecule has 0 saturated carbocycles. The summed E-state index contributed by atoms with van der Waals surface area (Å²) >= 11 is 1.66.